The Morgan fingerprint density at radius 2 is 2.03 bits per heavy atom. The molecule has 9 nitrogen and oxygen atoms in total. The van der Waals surface area contributed by atoms with Crippen LogP contribution >= 0.6 is 12.4 Å². The molecule has 0 bridgehead atoms. The number of piperidine rings is 1. The van der Waals surface area contributed by atoms with Crippen molar-refractivity contribution in [2.75, 3.05) is 38.2 Å². The second-order valence-corrected chi connectivity index (χ2v) is 8.90. The molecule has 0 aliphatic carbocycles. The van der Waals surface area contributed by atoms with Gasteiger partial charge in [-0.15, -0.1) is 12.4 Å². The summed E-state index contributed by atoms with van der Waals surface area (Å²) >= 11 is 0. The second-order valence-electron chi connectivity index (χ2n) is 8.90. The number of carbonyl (C=O) groups is 2. The maximum Gasteiger partial charge on any atom is 0.407 e. The van der Waals surface area contributed by atoms with Gasteiger partial charge in [0.05, 0.1) is 5.60 Å². The number of benzene rings is 1. The summed E-state index contributed by atoms with van der Waals surface area (Å²) in [5.41, 5.74) is 0.697. The molecular weight excluding hydrogens is 438 g/mol. The Balaban J connectivity index is 0.00000363. The number of aliphatic hydroxyl groups is 2. The minimum absolute atomic E-state index is 0. The zero-order valence-electron chi connectivity index (χ0n) is 18.6. The molecule has 1 aromatic rings. The van der Waals surface area contributed by atoms with Gasteiger partial charge < -0.3 is 35.2 Å². The normalized spacial score (nSPS) is 18.1. The van der Waals surface area contributed by atoms with Crippen LogP contribution in [0.4, 0.5) is 10.5 Å². The van der Waals surface area contributed by atoms with Gasteiger partial charge in [0.25, 0.3) is 0 Å². The number of fused-ring (bicyclic) bond motifs is 1. The number of amides is 2. The van der Waals surface area contributed by atoms with Gasteiger partial charge in [-0.25, -0.2) is 4.79 Å². The van der Waals surface area contributed by atoms with Gasteiger partial charge in [-0.2, -0.15) is 0 Å². The number of halogens is 1. The molecule has 0 spiro atoms. The van der Waals surface area contributed by atoms with Crippen LogP contribution in [0, 0.1) is 0 Å². The molecule has 10 heteroatoms. The summed E-state index contributed by atoms with van der Waals surface area (Å²) in [6.07, 6.45) is 1.43. The average Bonchev–Trinajstić information content (AvgIpc) is 2.71. The molecule has 0 saturated carbocycles. The molecule has 2 aliphatic heterocycles. The lowest BCUT2D eigenvalue weighted by molar-refractivity contribution is -0.116. The Kier molecular flexibility index (Phi) is 9.57. The van der Waals surface area contributed by atoms with Crippen molar-refractivity contribution in [3.63, 3.8) is 0 Å². The van der Waals surface area contributed by atoms with Crippen LogP contribution in [0.2, 0.25) is 0 Å². The number of nitrogens with one attached hydrogen (secondary N) is 2. The predicted molar refractivity (Wildman–Crippen MR) is 122 cm³/mol. The summed E-state index contributed by atoms with van der Waals surface area (Å²) in [5.74, 6) is 0.706. The third-order valence-electron chi connectivity index (χ3n) is 5.38. The summed E-state index contributed by atoms with van der Waals surface area (Å²) < 4.78 is 10.9. The Bertz CT molecular complexity index is 777. The number of hydrogen-bond donors (Lipinski definition) is 4. The van der Waals surface area contributed by atoms with Crippen LogP contribution in [0.5, 0.6) is 5.75 Å². The lowest BCUT2D eigenvalue weighted by atomic mass is 10.0. The predicted octanol–water partition coefficient (Wildman–Crippen LogP) is 1.69. The Labute approximate surface area is 194 Å². The van der Waals surface area contributed by atoms with Crippen LogP contribution < -0.4 is 15.4 Å². The van der Waals surface area contributed by atoms with Gasteiger partial charge in [0.15, 0.2) is 0 Å². The third kappa shape index (κ3) is 8.12. The van der Waals surface area contributed by atoms with Gasteiger partial charge in [0.1, 0.15) is 25.1 Å². The van der Waals surface area contributed by atoms with E-state index in [1.165, 1.54) is 0 Å². The molecular formula is C22H34ClN3O6. The van der Waals surface area contributed by atoms with E-state index in [0.29, 0.717) is 25.1 Å². The number of hydrogen-bond acceptors (Lipinski definition) is 7. The number of likely N-dealkylation sites (tertiary alicyclic amines) is 1. The number of rotatable bonds is 8. The van der Waals surface area contributed by atoms with Crippen molar-refractivity contribution < 1.29 is 29.3 Å². The molecule has 0 radical (unpaired) electrons. The van der Waals surface area contributed by atoms with Crippen molar-refractivity contribution in [1.82, 2.24) is 10.2 Å². The van der Waals surface area contributed by atoms with Crippen LogP contribution in [0.25, 0.3) is 0 Å². The van der Waals surface area contributed by atoms with Crippen LogP contribution in [0.3, 0.4) is 0 Å². The van der Waals surface area contributed by atoms with E-state index in [2.05, 4.69) is 15.5 Å². The zero-order valence-corrected chi connectivity index (χ0v) is 19.5. The first kappa shape index (κ1) is 26.2. The monoisotopic (exact) mass is 471 g/mol. The highest BCUT2D eigenvalue weighted by molar-refractivity contribution is 5.94. The van der Waals surface area contributed by atoms with Crippen molar-refractivity contribution in [3.05, 3.63) is 23.8 Å². The van der Waals surface area contributed by atoms with Crippen molar-refractivity contribution in [2.45, 2.75) is 57.3 Å². The summed E-state index contributed by atoms with van der Waals surface area (Å²) in [6, 6.07) is 5.56. The highest BCUT2D eigenvalue weighted by Crippen LogP contribution is 2.31. The minimum Gasteiger partial charge on any atom is -0.490 e. The van der Waals surface area contributed by atoms with Crippen molar-refractivity contribution in [1.29, 1.82) is 0 Å². The van der Waals surface area contributed by atoms with Crippen LogP contribution in [-0.4, -0.2) is 77.7 Å². The maximum atomic E-state index is 11.8. The van der Waals surface area contributed by atoms with Gasteiger partial charge in [-0.05, 0) is 45.2 Å². The standard InChI is InChI=1S/C22H33N3O6.ClH/c1-22(2,29)14-31-21(28)23-15-8-10-25(11-9-15)12-16(26)13-30-19-5-3-4-18-17(19)6-7-20(27)24-18;/h3-5,15-16,26,29H,6-14H2,1-2H3,(H,23,28)(H,24,27);1H/t16-;/m0./s1. The Morgan fingerprint density at radius 1 is 1.31 bits per heavy atom. The van der Waals surface area contributed by atoms with Gasteiger partial charge in [0.2, 0.25) is 5.91 Å². The first-order valence-corrected chi connectivity index (χ1v) is 10.8. The van der Waals surface area contributed by atoms with Crippen molar-refractivity contribution in [2.24, 2.45) is 0 Å². The summed E-state index contributed by atoms with van der Waals surface area (Å²) in [6.45, 7) is 5.27. The highest BCUT2D eigenvalue weighted by atomic mass is 35.5. The number of ether oxygens (including phenoxy) is 2. The van der Waals surface area contributed by atoms with E-state index in [4.69, 9.17) is 9.47 Å². The third-order valence-corrected chi connectivity index (χ3v) is 5.38. The quantitative estimate of drug-likeness (QED) is 0.455. The maximum absolute atomic E-state index is 11.8. The number of nitrogens with zero attached hydrogens (tertiary/aromatic N) is 1. The van der Waals surface area contributed by atoms with E-state index >= 15 is 0 Å². The second kappa shape index (κ2) is 11.7. The minimum atomic E-state index is -1.05. The first-order valence-electron chi connectivity index (χ1n) is 10.8. The molecule has 2 heterocycles. The molecule has 1 aromatic carbocycles. The SMILES string of the molecule is CC(C)(O)COC(=O)NC1CCN(C[C@H](O)COc2cccc3c2CCC(=O)N3)CC1.Cl. The first-order chi connectivity index (χ1) is 14.7. The molecule has 1 fully saturated rings. The van der Waals surface area contributed by atoms with Gasteiger partial charge >= 0.3 is 6.09 Å². The number of aliphatic hydroxyl groups excluding tert-OH is 1. The molecule has 3 rings (SSSR count). The fourth-order valence-electron chi connectivity index (χ4n) is 3.77. The van der Waals surface area contributed by atoms with E-state index in [1.807, 2.05) is 18.2 Å². The molecule has 1 saturated heterocycles. The van der Waals surface area contributed by atoms with Crippen molar-refractivity contribution in [3.8, 4) is 5.75 Å². The fourth-order valence-corrected chi connectivity index (χ4v) is 3.77. The van der Waals surface area contributed by atoms with E-state index in [1.54, 1.807) is 13.8 Å². The van der Waals surface area contributed by atoms with E-state index in [0.717, 1.165) is 37.2 Å². The average molecular weight is 472 g/mol. The molecule has 1 atom stereocenters. The van der Waals surface area contributed by atoms with Crippen LogP contribution in [0.15, 0.2) is 18.2 Å². The van der Waals surface area contributed by atoms with Crippen molar-refractivity contribution >= 4 is 30.1 Å². The number of β-amino-alcohol motifs (C(OH)–C–C–N with tert-alkyl or cyclic N) is 1. The molecule has 4 N–H and O–H groups in total. The molecule has 2 amide bonds. The topological polar surface area (TPSA) is 120 Å². The Hall–Kier alpha value is -2.07. The number of alkyl carbamates (subject to hydrolysis) is 1. The Morgan fingerprint density at radius 3 is 2.72 bits per heavy atom. The molecule has 0 aromatic heterocycles. The number of carbonyl (C=O) groups excluding carboxylic acids is 2. The molecule has 32 heavy (non-hydrogen) atoms. The van der Waals surface area contributed by atoms with E-state index in [-0.39, 0.29) is 37.6 Å². The van der Waals surface area contributed by atoms with E-state index in [9.17, 15) is 19.8 Å². The lowest BCUT2D eigenvalue weighted by Gasteiger charge is -2.33. The van der Waals surface area contributed by atoms with Crippen LogP contribution in [-0.2, 0) is 16.0 Å². The lowest BCUT2D eigenvalue weighted by Crippen LogP contribution is -2.47. The number of anilines is 1. The molecule has 0 unspecified atom stereocenters. The smallest absolute Gasteiger partial charge is 0.407 e. The summed E-state index contributed by atoms with van der Waals surface area (Å²) in [7, 11) is 0. The van der Waals surface area contributed by atoms with E-state index < -0.39 is 17.8 Å². The zero-order chi connectivity index (χ0) is 22.4. The van der Waals surface area contributed by atoms with Crippen LogP contribution in [0.1, 0.15) is 38.7 Å². The highest BCUT2D eigenvalue weighted by Gasteiger charge is 2.24. The summed E-state index contributed by atoms with van der Waals surface area (Å²) in [4.78, 5) is 25.5. The van der Waals surface area contributed by atoms with Gasteiger partial charge in [0, 0.05) is 43.3 Å². The fraction of sp³-hybridized carbons (Fsp3) is 0.636. The molecule has 2 aliphatic rings. The van der Waals surface area contributed by atoms with Gasteiger partial charge in [-0.1, -0.05) is 6.07 Å². The van der Waals surface area contributed by atoms with Gasteiger partial charge in [-0.3, -0.25) is 4.79 Å². The largest absolute Gasteiger partial charge is 0.490 e. The summed E-state index contributed by atoms with van der Waals surface area (Å²) in [5, 5.41) is 25.7. The molecule has 180 valence electrons.